The van der Waals surface area contributed by atoms with Crippen LogP contribution in [0.4, 0.5) is 0 Å². The predicted molar refractivity (Wildman–Crippen MR) is 93.0 cm³/mol. The van der Waals surface area contributed by atoms with Crippen molar-refractivity contribution in [3.8, 4) is 0 Å². The Kier molecular flexibility index (Phi) is 4.85. The van der Waals surface area contributed by atoms with Crippen LogP contribution in [-0.2, 0) is 22.4 Å². The maximum Gasteiger partial charge on any atom is 0.219 e. The van der Waals surface area contributed by atoms with Crippen LogP contribution in [0.3, 0.4) is 0 Å². The summed E-state index contributed by atoms with van der Waals surface area (Å²) in [5.74, 6) is 1.15. The van der Waals surface area contributed by atoms with Crippen LogP contribution >= 0.6 is 0 Å². The van der Waals surface area contributed by atoms with Gasteiger partial charge in [-0.25, -0.2) is 0 Å². The second-order valence-electron chi connectivity index (χ2n) is 6.26. The standard InChI is InChI=1S/C20H25NO2/c1-3-5-18(22)21-13-12-16-9-8-14-6-4-7-15-10-11-17(23-2)20(16)19(14)15/h4,6-7,11H,3,5,8-10,12-13H2,1-2H3,(H,21,22). The highest BCUT2D eigenvalue weighted by Gasteiger charge is 2.27. The second kappa shape index (κ2) is 7.03. The maximum absolute atomic E-state index is 11.7. The Labute approximate surface area is 138 Å². The molecule has 1 amide bonds. The van der Waals surface area contributed by atoms with Crippen LogP contribution < -0.4 is 5.32 Å². The Hall–Kier alpha value is -2.03. The number of aryl methyl sites for hydroxylation is 1. The first-order chi connectivity index (χ1) is 11.2. The number of allylic oxidation sites excluding steroid dienone is 2. The van der Waals surface area contributed by atoms with Crippen molar-refractivity contribution in [1.29, 1.82) is 0 Å². The van der Waals surface area contributed by atoms with Gasteiger partial charge in [0.2, 0.25) is 5.91 Å². The fourth-order valence-corrected chi connectivity index (χ4v) is 3.65. The number of hydrogen-bond donors (Lipinski definition) is 1. The van der Waals surface area contributed by atoms with E-state index in [1.165, 1.54) is 27.8 Å². The van der Waals surface area contributed by atoms with Crippen LogP contribution in [0.1, 0.15) is 49.3 Å². The summed E-state index contributed by atoms with van der Waals surface area (Å²) in [5.41, 5.74) is 6.90. The van der Waals surface area contributed by atoms with Gasteiger partial charge in [0.05, 0.1) is 7.11 Å². The minimum absolute atomic E-state index is 0.154. The summed E-state index contributed by atoms with van der Waals surface area (Å²) in [7, 11) is 1.75. The molecule has 0 bridgehead atoms. The van der Waals surface area contributed by atoms with Gasteiger partial charge in [-0.05, 0) is 54.9 Å². The monoisotopic (exact) mass is 311 g/mol. The van der Waals surface area contributed by atoms with Crippen molar-refractivity contribution in [3.63, 3.8) is 0 Å². The lowest BCUT2D eigenvalue weighted by atomic mass is 9.78. The van der Waals surface area contributed by atoms with Gasteiger partial charge in [0.1, 0.15) is 5.76 Å². The Balaban J connectivity index is 1.85. The summed E-state index contributed by atoms with van der Waals surface area (Å²) in [6, 6.07) is 6.61. The zero-order chi connectivity index (χ0) is 16.2. The van der Waals surface area contributed by atoms with E-state index < -0.39 is 0 Å². The van der Waals surface area contributed by atoms with Crippen LogP contribution in [0.2, 0.25) is 0 Å². The molecule has 0 saturated carbocycles. The first kappa shape index (κ1) is 15.9. The molecule has 0 fully saturated rings. The van der Waals surface area contributed by atoms with E-state index in [0.717, 1.165) is 37.9 Å². The Morgan fingerprint density at radius 3 is 2.87 bits per heavy atom. The highest BCUT2D eigenvalue weighted by atomic mass is 16.5. The smallest absolute Gasteiger partial charge is 0.219 e. The van der Waals surface area contributed by atoms with Crippen molar-refractivity contribution in [3.05, 3.63) is 52.3 Å². The summed E-state index contributed by atoms with van der Waals surface area (Å²) < 4.78 is 5.65. The molecule has 1 aromatic rings. The summed E-state index contributed by atoms with van der Waals surface area (Å²) in [6.07, 6.45) is 7.67. The van der Waals surface area contributed by atoms with E-state index in [4.69, 9.17) is 4.74 Å². The van der Waals surface area contributed by atoms with E-state index in [-0.39, 0.29) is 5.91 Å². The molecule has 1 N–H and O–H groups in total. The molecule has 3 heteroatoms. The molecule has 0 spiro atoms. The SMILES string of the molecule is CCCC(=O)NCCC1=C2C(OC)=CCc3cccc(c32)CC1. The number of benzene rings is 1. The maximum atomic E-state index is 11.7. The van der Waals surface area contributed by atoms with Gasteiger partial charge in [0.25, 0.3) is 0 Å². The number of methoxy groups -OCH3 is 1. The number of amides is 1. The number of nitrogens with one attached hydrogen (secondary N) is 1. The summed E-state index contributed by atoms with van der Waals surface area (Å²) in [6.45, 7) is 2.74. The fourth-order valence-electron chi connectivity index (χ4n) is 3.65. The number of carbonyl (C=O) groups excluding carboxylic acids is 1. The van der Waals surface area contributed by atoms with Crippen LogP contribution in [0.25, 0.3) is 5.57 Å². The molecule has 0 saturated heterocycles. The topological polar surface area (TPSA) is 38.3 Å². The van der Waals surface area contributed by atoms with Gasteiger partial charge in [0, 0.05) is 18.5 Å². The third kappa shape index (κ3) is 3.19. The molecule has 3 rings (SSSR count). The van der Waals surface area contributed by atoms with E-state index in [9.17, 15) is 4.79 Å². The molecule has 0 unspecified atom stereocenters. The van der Waals surface area contributed by atoms with E-state index in [2.05, 4.69) is 29.6 Å². The van der Waals surface area contributed by atoms with Crippen molar-refractivity contribution in [1.82, 2.24) is 5.32 Å². The van der Waals surface area contributed by atoms with Gasteiger partial charge in [-0.1, -0.05) is 30.7 Å². The van der Waals surface area contributed by atoms with E-state index in [1.807, 2.05) is 6.92 Å². The Bertz CT molecular complexity index is 670. The van der Waals surface area contributed by atoms with Crippen molar-refractivity contribution < 1.29 is 9.53 Å². The largest absolute Gasteiger partial charge is 0.496 e. The molecule has 1 aromatic carbocycles. The molecule has 0 aromatic heterocycles. The molecule has 2 aliphatic rings. The molecule has 0 radical (unpaired) electrons. The third-order valence-corrected chi connectivity index (χ3v) is 4.74. The highest BCUT2D eigenvalue weighted by molar-refractivity contribution is 5.86. The molecule has 0 atom stereocenters. The summed E-state index contributed by atoms with van der Waals surface area (Å²) in [4.78, 5) is 11.7. The van der Waals surface area contributed by atoms with Gasteiger partial charge < -0.3 is 10.1 Å². The lowest BCUT2D eigenvalue weighted by molar-refractivity contribution is -0.121. The first-order valence-corrected chi connectivity index (χ1v) is 8.59. The van der Waals surface area contributed by atoms with Crippen LogP contribution in [0, 0.1) is 0 Å². The van der Waals surface area contributed by atoms with E-state index in [1.54, 1.807) is 7.11 Å². The van der Waals surface area contributed by atoms with Crippen LogP contribution in [0.5, 0.6) is 0 Å². The minimum Gasteiger partial charge on any atom is -0.496 e. The number of rotatable bonds is 6. The van der Waals surface area contributed by atoms with Gasteiger partial charge in [-0.2, -0.15) is 0 Å². The normalized spacial score (nSPS) is 15.8. The quantitative estimate of drug-likeness (QED) is 0.868. The summed E-state index contributed by atoms with van der Waals surface area (Å²) in [5, 5.41) is 3.03. The second-order valence-corrected chi connectivity index (χ2v) is 6.26. The molecular formula is C20H25NO2. The number of hydrogen-bond acceptors (Lipinski definition) is 2. The van der Waals surface area contributed by atoms with Crippen LogP contribution in [-0.4, -0.2) is 19.6 Å². The summed E-state index contributed by atoms with van der Waals surface area (Å²) >= 11 is 0. The lowest BCUT2D eigenvalue weighted by Crippen LogP contribution is -2.25. The molecular weight excluding hydrogens is 286 g/mol. The van der Waals surface area contributed by atoms with Crippen molar-refractivity contribution >= 4 is 11.5 Å². The Morgan fingerprint density at radius 2 is 2.09 bits per heavy atom. The van der Waals surface area contributed by atoms with Gasteiger partial charge >= 0.3 is 0 Å². The molecule has 3 nitrogen and oxygen atoms in total. The van der Waals surface area contributed by atoms with E-state index in [0.29, 0.717) is 13.0 Å². The van der Waals surface area contributed by atoms with Crippen molar-refractivity contribution in [2.24, 2.45) is 0 Å². The molecule has 23 heavy (non-hydrogen) atoms. The minimum atomic E-state index is 0.154. The molecule has 122 valence electrons. The average molecular weight is 311 g/mol. The number of carbonyl (C=O) groups is 1. The number of ether oxygens (including phenoxy) is 1. The zero-order valence-corrected chi connectivity index (χ0v) is 14.1. The Morgan fingerprint density at radius 1 is 1.26 bits per heavy atom. The first-order valence-electron chi connectivity index (χ1n) is 8.59. The van der Waals surface area contributed by atoms with Crippen molar-refractivity contribution in [2.75, 3.05) is 13.7 Å². The van der Waals surface area contributed by atoms with Crippen molar-refractivity contribution in [2.45, 2.75) is 45.4 Å². The highest BCUT2D eigenvalue weighted by Crippen LogP contribution is 2.42. The van der Waals surface area contributed by atoms with Gasteiger partial charge in [-0.3, -0.25) is 4.79 Å². The van der Waals surface area contributed by atoms with Crippen LogP contribution in [0.15, 0.2) is 35.6 Å². The molecule has 0 heterocycles. The van der Waals surface area contributed by atoms with Gasteiger partial charge in [-0.15, -0.1) is 0 Å². The van der Waals surface area contributed by atoms with Gasteiger partial charge in [0.15, 0.2) is 0 Å². The van der Waals surface area contributed by atoms with E-state index >= 15 is 0 Å². The molecule has 2 aliphatic carbocycles. The third-order valence-electron chi connectivity index (χ3n) is 4.74. The average Bonchev–Trinajstić information content (AvgIpc) is 2.57. The zero-order valence-electron chi connectivity index (χ0n) is 14.1. The molecule has 0 aliphatic heterocycles. The fraction of sp³-hybridized carbons (Fsp3) is 0.450. The lowest BCUT2D eigenvalue weighted by Gasteiger charge is -2.29. The predicted octanol–water partition coefficient (Wildman–Crippen LogP) is 3.78.